The van der Waals surface area contributed by atoms with Crippen LogP contribution in [0.3, 0.4) is 0 Å². The molecule has 20 heavy (non-hydrogen) atoms. The molecule has 2 rings (SSSR count). The lowest BCUT2D eigenvalue weighted by molar-refractivity contribution is -0.118. The second-order valence-electron chi connectivity index (χ2n) is 5.76. The largest absolute Gasteiger partial charge is 0.478 e. The standard InChI is InChI=1S/C15H19NO4/c1-10-8-16(9-15(2,3)20-10)13(17)11-5-4-6-12(7-11)14(18)19/h4-7,10H,8-9H2,1-3H3,(H,18,19)/t10-/m0/s1. The number of carbonyl (C=O) groups excluding carboxylic acids is 1. The van der Waals surface area contributed by atoms with Crippen LogP contribution in [-0.2, 0) is 4.74 Å². The van der Waals surface area contributed by atoms with Gasteiger partial charge in [-0.3, -0.25) is 4.79 Å². The quantitative estimate of drug-likeness (QED) is 0.898. The summed E-state index contributed by atoms with van der Waals surface area (Å²) in [7, 11) is 0. The van der Waals surface area contributed by atoms with Gasteiger partial charge < -0.3 is 14.7 Å². The van der Waals surface area contributed by atoms with Gasteiger partial charge in [-0.1, -0.05) is 6.07 Å². The third kappa shape index (κ3) is 3.17. The molecule has 0 unspecified atom stereocenters. The van der Waals surface area contributed by atoms with Gasteiger partial charge in [0.25, 0.3) is 5.91 Å². The van der Waals surface area contributed by atoms with Gasteiger partial charge in [0.15, 0.2) is 0 Å². The van der Waals surface area contributed by atoms with E-state index >= 15 is 0 Å². The predicted molar refractivity (Wildman–Crippen MR) is 73.9 cm³/mol. The summed E-state index contributed by atoms with van der Waals surface area (Å²) in [6.45, 7) is 6.81. The molecular formula is C15H19NO4. The first-order valence-electron chi connectivity index (χ1n) is 6.59. The molecule has 1 amide bonds. The van der Waals surface area contributed by atoms with E-state index in [9.17, 15) is 9.59 Å². The lowest BCUT2D eigenvalue weighted by Gasteiger charge is -2.41. The molecule has 0 spiro atoms. The molecule has 5 heteroatoms. The summed E-state index contributed by atoms with van der Waals surface area (Å²) in [6.07, 6.45) is -0.0367. The van der Waals surface area contributed by atoms with Crippen LogP contribution < -0.4 is 0 Å². The zero-order valence-corrected chi connectivity index (χ0v) is 11.9. The summed E-state index contributed by atoms with van der Waals surface area (Å²) in [5.41, 5.74) is 0.129. The molecule has 0 saturated carbocycles. The molecule has 0 aromatic heterocycles. The number of carboxylic acid groups (broad SMARTS) is 1. The van der Waals surface area contributed by atoms with E-state index in [1.54, 1.807) is 17.0 Å². The lowest BCUT2D eigenvalue weighted by Crippen LogP contribution is -2.53. The van der Waals surface area contributed by atoms with Crippen LogP contribution in [0.25, 0.3) is 0 Å². The summed E-state index contributed by atoms with van der Waals surface area (Å²) < 4.78 is 5.76. The molecule has 1 heterocycles. The van der Waals surface area contributed by atoms with Crippen LogP contribution in [0.4, 0.5) is 0 Å². The lowest BCUT2D eigenvalue weighted by atomic mass is 10.0. The van der Waals surface area contributed by atoms with E-state index in [2.05, 4.69) is 0 Å². The molecule has 1 fully saturated rings. The van der Waals surface area contributed by atoms with Gasteiger partial charge in [-0.15, -0.1) is 0 Å². The fourth-order valence-electron chi connectivity index (χ4n) is 2.58. The number of benzene rings is 1. The fraction of sp³-hybridized carbons (Fsp3) is 0.467. The SMILES string of the molecule is C[C@H]1CN(C(=O)c2cccc(C(=O)O)c2)CC(C)(C)O1. The first-order valence-corrected chi connectivity index (χ1v) is 6.59. The van der Waals surface area contributed by atoms with E-state index in [1.807, 2.05) is 20.8 Å². The Morgan fingerprint density at radius 3 is 2.60 bits per heavy atom. The van der Waals surface area contributed by atoms with Crippen molar-refractivity contribution in [2.75, 3.05) is 13.1 Å². The van der Waals surface area contributed by atoms with E-state index in [1.165, 1.54) is 12.1 Å². The number of hydrogen-bond donors (Lipinski definition) is 1. The van der Waals surface area contributed by atoms with Gasteiger partial charge in [-0.2, -0.15) is 0 Å². The Hall–Kier alpha value is -1.88. The second-order valence-corrected chi connectivity index (χ2v) is 5.76. The highest BCUT2D eigenvalue weighted by Crippen LogP contribution is 2.22. The minimum Gasteiger partial charge on any atom is -0.478 e. The Bertz CT molecular complexity index is 538. The highest BCUT2D eigenvalue weighted by molar-refractivity contribution is 5.97. The number of carbonyl (C=O) groups is 2. The molecule has 1 saturated heterocycles. The van der Waals surface area contributed by atoms with Crippen molar-refractivity contribution >= 4 is 11.9 Å². The van der Waals surface area contributed by atoms with Gasteiger partial charge >= 0.3 is 5.97 Å². The van der Waals surface area contributed by atoms with Crippen LogP contribution in [0.2, 0.25) is 0 Å². The van der Waals surface area contributed by atoms with Crippen LogP contribution in [0.5, 0.6) is 0 Å². The molecule has 1 N–H and O–H groups in total. The number of aromatic carboxylic acids is 1. The van der Waals surface area contributed by atoms with Gasteiger partial charge in [0.1, 0.15) is 0 Å². The minimum absolute atomic E-state index is 0.0367. The number of amides is 1. The maximum Gasteiger partial charge on any atom is 0.335 e. The van der Waals surface area contributed by atoms with E-state index in [0.717, 1.165) is 0 Å². The van der Waals surface area contributed by atoms with Crippen molar-refractivity contribution in [3.63, 3.8) is 0 Å². The number of hydrogen-bond acceptors (Lipinski definition) is 3. The van der Waals surface area contributed by atoms with E-state index in [4.69, 9.17) is 9.84 Å². The molecule has 108 valence electrons. The summed E-state index contributed by atoms with van der Waals surface area (Å²) in [5.74, 6) is -1.19. The Labute approximate surface area is 118 Å². The van der Waals surface area contributed by atoms with Crippen LogP contribution in [0.1, 0.15) is 41.5 Å². The highest BCUT2D eigenvalue weighted by atomic mass is 16.5. The molecule has 1 atom stereocenters. The number of carboxylic acids is 1. The molecule has 0 radical (unpaired) electrons. The molecule has 0 aliphatic carbocycles. The van der Waals surface area contributed by atoms with Crippen molar-refractivity contribution in [3.05, 3.63) is 35.4 Å². The summed E-state index contributed by atoms with van der Waals surface area (Å²) in [6, 6.07) is 6.12. The van der Waals surface area contributed by atoms with Crippen molar-refractivity contribution in [2.24, 2.45) is 0 Å². The van der Waals surface area contributed by atoms with Crippen molar-refractivity contribution in [2.45, 2.75) is 32.5 Å². The molecule has 1 aromatic carbocycles. The monoisotopic (exact) mass is 277 g/mol. The minimum atomic E-state index is -1.03. The van der Waals surface area contributed by atoms with Crippen molar-refractivity contribution in [3.8, 4) is 0 Å². The average molecular weight is 277 g/mol. The maximum atomic E-state index is 12.5. The third-order valence-electron chi connectivity index (χ3n) is 3.21. The normalized spacial score (nSPS) is 21.6. The second kappa shape index (κ2) is 5.25. The van der Waals surface area contributed by atoms with Gasteiger partial charge in [0.05, 0.1) is 17.3 Å². The smallest absolute Gasteiger partial charge is 0.335 e. The van der Waals surface area contributed by atoms with Crippen molar-refractivity contribution in [1.29, 1.82) is 0 Å². The summed E-state index contributed by atoms with van der Waals surface area (Å²) in [5, 5.41) is 8.98. The Balaban J connectivity index is 2.22. The third-order valence-corrected chi connectivity index (χ3v) is 3.21. The van der Waals surface area contributed by atoms with Crippen LogP contribution in [-0.4, -0.2) is 46.7 Å². The van der Waals surface area contributed by atoms with Gasteiger partial charge in [-0.25, -0.2) is 4.79 Å². The van der Waals surface area contributed by atoms with Gasteiger partial charge in [0.2, 0.25) is 0 Å². The number of morpholine rings is 1. The van der Waals surface area contributed by atoms with Crippen LogP contribution in [0.15, 0.2) is 24.3 Å². The average Bonchev–Trinajstić information content (AvgIpc) is 2.35. The number of nitrogens with zero attached hydrogens (tertiary/aromatic N) is 1. The first kappa shape index (κ1) is 14.5. The van der Waals surface area contributed by atoms with E-state index in [-0.39, 0.29) is 17.6 Å². The maximum absolute atomic E-state index is 12.5. The van der Waals surface area contributed by atoms with E-state index in [0.29, 0.717) is 18.7 Å². The Morgan fingerprint density at radius 1 is 1.35 bits per heavy atom. The van der Waals surface area contributed by atoms with Crippen LogP contribution in [0, 0.1) is 0 Å². The molecule has 1 aliphatic rings. The number of ether oxygens (including phenoxy) is 1. The highest BCUT2D eigenvalue weighted by Gasteiger charge is 2.34. The number of rotatable bonds is 2. The van der Waals surface area contributed by atoms with Crippen molar-refractivity contribution < 1.29 is 19.4 Å². The molecule has 5 nitrogen and oxygen atoms in total. The molecule has 1 aromatic rings. The molecular weight excluding hydrogens is 258 g/mol. The topological polar surface area (TPSA) is 66.8 Å². The van der Waals surface area contributed by atoms with Gasteiger partial charge in [0, 0.05) is 18.7 Å². The Kier molecular flexibility index (Phi) is 3.81. The molecule has 0 bridgehead atoms. The van der Waals surface area contributed by atoms with Crippen molar-refractivity contribution in [1.82, 2.24) is 4.90 Å². The zero-order chi connectivity index (χ0) is 14.9. The Morgan fingerprint density at radius 2 is 2.00 bits per heavy atom. The van der Waals surface area contributed by atoms with Crippen LogP contribution >= 0.6 is 0 Å². The predicted octanol–water partition coefficient (Wildman–Crippen LogP) is 2.02. The fourth-order valence-corrected chi connectivity index (χ4v) is 2.58. The summed E-state index contributed by atoms with van der Waals surface area (Å²) in [4.78, 5) is 25.2. The molecule has 1 aliphatic heterocycles. The first-order chi connectivity index (χ1) is 9.28. The zero-order valence-electron chi connectivity index (χ0n) is 11.9. The van der Waals surface area contributed by atoms with E-state index < -0.39 is 11.6 Å². The summed E-state index contributed by atoms with van der Waals surface area (Å²) >= 11 is 0. The van der Waals surface area contributed by atoms with Gasteiger partial charge in [-0.05, 0) is 39.0 Å².